The first kappa shape index (κ1) is 22.8. The molecule has 2 aromatic rings. The largest absolute Gasteiger partial charge is 0.573 e. The summed E-state index contributed by atoms with van der Waals surface area (Å²) in [7, 11) is -4.55. The molecule has 0 atom stereocenters. The van der Waals surface area contributed by atoms with E-state index in [1.54, 1.807) is 0 Å². The van der Waals surface area contributed by atoms with E-state index in [0.29, 0.717) is 6.07 Å². The number of nitrogens with one attached hydrogen (secondary N) is 1. The van der Waals surface area contributed by atoms with E-state index >= 15 is 0 Å². The minimum absolute atomic E-state index is 0.101. The molecule has 0 spiro atoms. The fourth-order valence-electron chi connectivity index (χ4n) is 2.06. The Balaban J connectivity index is 2.31. The van der Waals surface area contributed by atoms with Crippen LogP contribution >= 0.6 is 27.5 Å². The predicted octanol–water partition coefficient (Wildman–Crippen LogP) is 5.50. The Morgan fingerprint density at radius 3 is 2.25 bits per heavy atom. The van der Waals surface area contributed by atoms with Gasteiger partial charge in [-0.1, -0.05) is 33.6 Å². The highest BCUT2D eigenvalue weighted by Gasteiger charge is 2.35. The van der Waals surface area contributed by atoms with E-state index in [1.165, 1.54) is 6.07 Å². The van der Waals surface area contributed by atoms with Crippen LogP contribution in [0.5, 0.6) is 5.75 Å². The average molecular weight is 513 g/mol. The van der Waals surface area contributed by atoms with Crippen molar-refractivity contribution >= 4 is 37.6 Å². The molecular weight excluding hydrogens is 504 g/mol. The molecule has 13 heteroatoms. The van der Waals surface area contributed by atoms with E-state index in [4.69, 9.17) is 11.6 Å². The smallest absolute Gasteiger partial charge is 0.404 e. The molecule has 0 unspecified atom stereocenters. The highest BCUT2D eigenvalue weighted by molar-refractivity contribution is 9.10. The van der Waals surface area contributed by atoms with E-state index in [2.05, 4.69) is 20.7 Å². The molecule has 2 aromatic carbocycles. The van der Waals surface area contributed by atoms with Gasteiger partial charge in [0, 0.05) is 11.0 Å². The number of benzene rings is 2. The highest BCUT2D eigenvalue weighted by Crippen LogP contribution is 2.35. The van der Waals surface area contributed by atoms with Gasteiger partial charge in [-0.25, -0.2) is 13.1 Å². The summed E-state index contributed by atoms with van der Waals surface area (Å²) in [6, 6.07) is 5.55. The first-order chi connectivity index (χ1) is 12.7. The molecule has 0 radical (unpaired) electrons. The summed E-state index contributed by atoms with van der Waals surface area (Å²) in [5, 5.41) is -0.576. The van der Waals surface area contributed by atoms with Crippen LogP contribution in [0.1, 0.15) is 11.1 Å². The van der Waals surface area contributed by atoms with Crippen molar-refractivity contribution in [1.29, 1.82) is 0 Å². The van der Waals surface area contributed by atoms with Crippen LogP contribution in [0.2, 0.25) is 5.02 Å². The predicted molar refractivity (Wildman–Crippen MR) is 91.3 cm³/mol. The molecule has 154 valence electrons. The molecule has 0 bridgehead atoms. The number of halogens is 8. The third-order valence-corrected chi connectivity index (χ3v) is 5.49. The van der Waals surface area contributed by atoms with Crippen molar-refractivity contribution in [2.45, 2.75) is 24.0 Å². The third kappa shape index (κ3) is 6.00. The number of sulfonamides is 1. The molecule has 0 aromatic heterocycles. The van der Waals surface area contributed by atoms with Crippen molar-refractivity contribution in [3.63, 3.8) is 0 Å². The quantitative estimate of drug-likeness (QED) is 0.539. The lowest BCUT2D eigenvalue weighted by atomic mass is 10.1. The van der Waals surface area contributed by atoms with Gasteiger partial charge in [0.1, 0.15) is 4.90 Å². The lowest BCUT2D eigenvalue weighted by Crippen LogP contribution is -2.26. The molecule has 2 rings (SSSR count). The molecule has 28 heavy (non-hydrogen) atoms. The van der Waals surface area contributed by atoms with Crippen molar-refractivity contribution in [1.82, 2.24) is 4.72 Å². The van der Waals surface area contributed by atoms with Crippen LogP contribution in [0, 0.1) is 0 Å². The van der Waals surface area contributed by atoms with E-state index in [0.717, 1.165) is 24.3 Å². The summed E-state index contributed by atoms with van der Waals surface area (Å²) in [5.74, 6) is -0.999. The minimum atomic E-state index is -5.15. The number of alkyl halides is 6. The first-order valence-electron chi connectivity index (χ1n) is 7.09. The first-order valence-corrected chi connectivity index (χ1v) is 9.75. The summed E-state index contributed by atoms with van der Waals surface area (Å²) >= 11 is 8.38. The topological polar surface area (TPSA) is 55.4 Å². The number of ether oxygens (including phenoxy) is 1. The van der Waals surface area contributed by atoms with Crippen LogP contribution in [-0.4, -0.2) is 14.8 Å². The zero-order valence-corrected chi connectivity index (χ0v) is 16.5. The second-order valence-electron chi connectivity index (χ2n) is 5.28. The van der Waals surface area contributed by atoms with Crippen molar-refractivity contribution in [2.24, 2.45) is 0 Å². The maximum atomic E-state index is 12.9. The molecule has 0 fully saturated rings. The fraction of sp³-hybridized carbons (Fsp3) is 0.200. The van der Waals surface area contributed by atoms with Crippen LogP contribution in [0.25, 0.3) is 0 Å². The van der Waals surface area contributed by atoms with E-state index in [1.807, 2.05) is 4.72 Å². The van der Waals surface area contributed by atoms with Gasteiger partial charge in [0.15, 0.2) is 5.75 Å². The summed E-state index contributed by atoms with van der Waals surface area (Å²) < 4.78 is 107. The van der Waals surface area contributed by atoms with Gasteiger partial charge in [-0.3, -0.25) is 0 Å². The van der Waals surface area contributed by atoms with Crippen LogP contribution < -0.4 is 9.46 Å². The molecule has 0 heterocycles. The van der Waals surface area contributed by atoms with Gasteiger partial charge in [0.05, 0.1) is 10.6 Å². The molecule has 4 nitrogen and oxygen atoms in total. The second-order valence-corrected chi connectivity index (χ2v) is 8.33. The maximum absolute atomic E-state index is 12.9. The Hall–Kier alpha value is -1.50. The second kappa shape index (κ2) is 8.09. The molecular formula is C15H9BrClF6NO3S. The molecule has 0 aliphatic carbocycles. The van der Waals surface area contributed by atoms with E-state index < -0.39 is 50.3 Å². The van der Waals surface area contributed by atoms with Gasteiger partial charge in [0.2, 0.25) is 10.0 Å². The zero-order valence-electron chi connectivity index (χ0n) is 13.3. The van der Waals surface area contributed by atoms with Gasteiger partial charge < -0.3 is 4.74 Å². The van der Waals surface area contributed by atoms with Crippen LogP contribution in [-0.2, 0) is 22.7 Å². The molecule has 0 saturated carbocycles. The molecule has 0 aliphatic rings. The van der Waals surface area contributed by atoms with E-state index in [-0.39, 0.29) is 10.0 Å². The lowest BCUT2D eigenvalue weighted by molar-refractivity contribution is -0.275. The third-order valence-electron chi connectivity index (χ3n) is 3.22. The highest BCUT2D eigenvalue weighted by atomic mass is 79.9. The summed E-state index contributed by atoms with van der Waals surface area (Å²) in [6.07, 6.45) is -9.91. The van der Waals surface area contributed by atoms with Gasteiger partial charge >= 0.3 is 12.5 Å². The average Bonchev–Trinajstić information content (AvgIpc) is 2.51. The monoisotopic (exact) mass is 511 g/mol. The van der Waals surface area contributed by atoms with Crippen molar-refractivity contribution in [3.05, 3.63) is 57.0 Å². The Kier molecular flexibility index (Phi) is 6.58. The maximum Gasteiger partial charge on any atom is 0.573 e. The van der Waals surface area contributed by atoms with Gasteiger partial charge in [-0.15, -0.1) is 13.2 Å². The van der Waals surface area contributed by atoms with Crippen molar-refractivity contribution < 1.29 is 39.5 Å². The van der Waals surface area contributed by atoms with Gasteiger partial charge in [-0.2, -0.15) is 13.2 Å². The fourth-order valence-corrected chi connectivity index (χ4v) is 3.75. The molecule has 0 saturated heterocycles. The number of hydrogen-bond acceptors (Lipinski definition) is 3. The molecule has 1 N–H and O–H groups in total. The Morgan fingerprint density at radius 1 is 1.04 bits per heavy atom. The summed E-state index contributed by atoms with van der Waals surface area (Å²) in [4.78, 5) is -0.835. The van der Waals surface area contributed by atoms with Crippen molar-refractivity contribution in [2.75, 3.05) is 0 Å². The number of rotatable bonds is 5. The Labute approximate surface area is 168 Å². The zero-order chi connectivity index (χ0) is 21.3. The van der Waals surface area contributed by atoms with Crippen LogP contribution in [0.4, 0.5) is 26.3 Å². The Bertz CT molecular complexity index is 979. The molecule has 0 amide bonds. The lowest BCUT2D eigenvalue weighted by Gasteiger charge is -2.15. The van der Waals surface area contributed by atoms with Gasteiger partial charge in [0.25, 0.3) is 0 Å². The summed E-state index contributed by atoms with van der Waals surface area (Å²) in [6.45, 7) is -0.621. The van der Waals surface area contributed by atoms with Crippen LogP contribution in [0.3, 0.4) is 0 Å². The molecule has 0 aliphatic heterocycles. The number of hydrogen-bond donors (Lipinski definition) is 1. The standard InChI is InChI=1S/C15H9BrClF6NO3S/c16-9-2-4-13(12(6-9)27-15(21,22)23)28(25,26)24-7-8-1-3-11(17)10(5-8)14(18,19)20/h1-6,24H,7H2. The van der Waals surface area contributed by atoms with E-state index in [9.17, 15) is 34.8 Å². The van der Waals surface area contributed by atoms with Crippen molar-refractivity contribution in [3.8, 4) is 5.75 Å². The minimum Gasteiger partial charge on any atom is -0.404 e. The van der Waals surface area contributed by atoms with Gasteiger partial charge in [-0.05, 0) is 35.9 Å². The van der Waals surface area contributed by atoms with Crippen LogP contribution in [0.15, 0.2) is 45.8 Å². The Morgan fingerprint density at radius 2 is 1.68 bits per heavy atom. The summed E-state index contributed by atoms with van der Waals surface area (Å²) in [5.41, 5.74) is -1.27. The SMILES string of the molecule is O=S(=O)(NCc1ccc(Cl)c(C(F)(F)F)c1)c1ccc(Br)cc1OC(F)(F)F. The normalized spacial score (nSPS) is 12.9.